The Labute approximate surface area is 85.9 Å². The largest absolute Gasteiger partial charge is 0.505 e. The van der Waals surface area contributed by atoms with E-state index >= 15 is 0 Å². The van der Waals surface area contributed by atoms with Crippen LogP contribution in [0.1, 0.15) is 18.2 Å². The first kappa shape index (κ1) is 10.5. The number of Topliss-reactive ketones (excluding diaryl/α,β-unsaturated/α-hetero) is 1. The Morgan fingerprint density at radius 1 is 1.71 bits per heavy atom. The molecule has 0 radical (unpaired) electrons. The average molecular weight is 207 g/mol. The molecule has 0 spiro atoms. The maximum absolute atomic E-state index is 11.2. The van der Waals surface area contributed by atoms with Crippen molar-refractivity contribution in [1.29, 1.82) is 5.26 Å². The van der Waals surface area contributed by atoms with Crippen molar-refractivity contribution in [1.82, 2.24) is 0 Å². The van der Waals surface area contributed by atoms with Gasteiger partial charge >= 0.3 is 0 Å². The molecule has 0 saturated carbocycles. The molecule has 1 rings (SSSR count). The smallest absolute Gasteiger partial charge is 0.176 e. The van der Waals surface area contributed by atoms with Crippen molar-refractivity contribution in [2.45, 2.75) is 13.3 Å². The van der Waals surface area contributed by atoms with Gasteiger partial charge in [0.1, 0.15) is 11.6 Å². The van der Waals surface area contributed by atoms with Gasteiger partial charge in [0.15, 0.2) is 11.5 Å². The second-order valence-corrected chi connectivity index (χ2v) is 3.54. The van der Waals surface area contributed by atoms with Crippen LogP contribution in [0.2, 0.25) is 0 Å². The highest BCUT2D eigenvalue weighted by molar-refractivity contribution is 7.11. The van der Waals surface area contributed by atoms with Crippen LogP contribution in [0.15, 0.2) is 23.1 Å². The Morgan fingerprint density at radius 3 is 2.86 bits per heavy atom. The summed E-state index contributed by atoms with van der Waals surface area (Å²) in [6.07, 6.45) is 0.221. The van der Waals surface area contributed by atoms with Gasteiger partial charge in [0, 0.05) is 6.42 Å². The van der Waals surface area contributed by atoms with Crippen molar-refractivity contribution in [3.8, 4) is 6.07 Å². The first-order valence-corrected chi connectivity index (χ1v) is 4.99. The number of carbonyl (C=O) groups is 1. The maximum atomic E-state index is 11.2. The number of ketones is 1. The van der Waals surface area contributed by atoms with Crippen LogP contribution in [0.25, 0.3) is 5.76 Å². The standard InChI is InChI=1S/C10H9NO2S/c1-2-8(12)7(6-11)10(13)9-4-3-5-14-9/h3-5,13H,2H2,1H3. The van der Waals surface area contributed by atoms with Gasteiger partial charge in [-0.1, -0.05) is 13.0 Å². The summed E-state index contributed by atoms with van der Waals surface area (Å²) in [6, 6.07) is 5.15. The van der Waals surface area contributed by atoms with Gasteiger partial charge in [-0.2, -0.15) is 5.26 Å². The number of aliphatic hydroxyl groups is 1. The molecule has 14 heavy (non-hydrogen) atoms. The Morgan fingerprint density at radius 2 is 2.43 bits per heavy atom. The van der Waals surface area contributed by atoms with Crippen LogP contribution in [0.5, 0.6) is 0 Å². The van der Waals surface area contributed by atoms with Crippen LogP contribution in [-0.4, -0.2) is 10.9 Å². The van der Waals surface area contributed by atoms with Crippen LogP contribution in [0, 0.1) is 11.3 Å². The number of hydrogen-bond acceptors (Lipinski definition) is 4. The molecular formula is C10H9NO2S. The van der Waals surface area contributed by atoms with Gasteiger partial charge in [0.25, 0.3) is 0 Å². The van der Waals surface area contributed by atoms with E-state index in [1.807, 2.05) is 0 Å². The van der Waals surface area contributed by atoms with E-state index in [2.05, 4.69) is 0 Å². The molecule has 1 aromatic heterocycles. The number of carbonyl (C=O) groups excluding carboxylic acids is 1. The molecule has 0 aliphatic heterocycles. The summed E-state index contributed by atoms with van der Waals surface area (Å²) in [4.78, 5) is 11.8. The quantitative estimate of drug-likeness (QED) is 0.470. The van der Waals surface area contributed by atoms with Crippen molar-refractivity contribution in [2.24, 2.45) is 0 Å². The fourth-order valence-corrected chi connectivity index (χ4v) is 1.64. The second-order valence-electron chi connectivity index (χ2n) is 2.59. The van der Waals surface area contributed by atoms with E-state index in [0.29, 0.717) is 4.88 Å². The van der Waals surface area contributed by atoms with Gasteiger partial charge in [-0.25, -0.2) is 0 Å². The van der Waals surface area contributed by atoms with Gasteiger partial charge in [-0.05, 0) is 11.4 Å². The van der Waals surface area contributed by atoms with Crippen LogP contribution in [-0.2, 0) is 4.79 Å². The lowest BCUT2D eigenvalue weighted by atomic mass is 10.1. The maximum Gasteiger partial charge on any atom is 0.176 e. The fraction of sp³-hybridized carbons (Fsp3) is 0.200. The minimum absolute atomic E-state index is 0.157. The predicted octanol–water partition coefficient (Wildman–Crippen LogP) is 2.52. The Balaban J connectivity index is 3.15. The van der Waals surface area contributed by atoms with Crippen molar-refractivity contribution in [2.75, 3.05) is 0 Å². The number of thiophene rings is 1. The van der Waals surface area contributed by atoms with Gasteiger partial charge in [0.05, 0.1) is 4.88 Å². The highest BCUT2D eigenvalue weighted by Crippen LogP contribution is 2.21. The zero-order valence-electron chi connectivity index (χ0n) is 7.65. The topological polar surface area (TPSA) is 61.1 Å². The first-order chi connectivity index (χ1) is 6.70. The molecule has 0 aromatic carbocycles. The molecule has 0 atom stereocenters. The molecule has 72 valence electrons. The number of nitriles is 1. The normalized spacial score (nSPS) is 11.7. The minimum atomic E-state index is -0.335. The summed E-state index contributed by atoms with van der Waals surface area (Å²) in [5, 5.41) is 20.1. The summed E-state index contributed by atoms with van der Waals surface area (Å²) in [7, 11) is 0. The first-order valence-electron chi connectivity index (χ1n) is 4.11. The van der Waals surface area contributed by atoms with Crippen LogP contribution in [0.3, 0.4) is 0 Å². The van der Waals surface area contributed by atoms with E-state index in [-0.39, 0.29) is 23.5 Å². The van der Waals surface area contributed by atoms with E-state index in [1.165, 1.54) is 11.3 Å². The third-order valence-electron chi connectivity index (χ3n) is 1.70. The molecule has 1 aromatic rings. The predicted molar refractivity (Wildman–Crippen MR) is 54.8 cm³/mol. The summed E-state index contributed by atoms with van der Waals surface area (Å²) < 4.78 is 0. The van der Waals surface area contributed by atoms with Crippen LogP contribution >= 0.6 is 11.3 Å². The molecule has 0 unspecified atom stereocenters. The van der Waals surface area contributed by atoms with E-state index < -0.39 is 0 Å². The van der Waals surface area contributed by atoms with Crippen molar-refractivity contribution < 1.29 is 9.90 Å². The van der Waals surface area contributed by atoms with Gasteiger partial charge in [-0.15, -0.1) is 11.3 Å². The second kappa shape index (κ2) is 4.58. The fourth-order valence-electron chi connectivity index (χ4n) is 0.961. The highest BCUT2D eigenvalue weighted by Gasteiger charge is 2.14. The summed E-state index contributed by atoms with van der Waals surface area (Å²) in [5.74, 6) is -0.548. The average Bonchev–Trinajstić information content (AvgIpc) is 2.71. The number of nitrogens with zero attached hydrogens (tertiary/aromatic N) is 1. The summed E-state index contributed by atoms with van der Waals surface area (Å²) in [5.41, 5.74) is -0.157. The molecule has 0 bridgehead atoms. The monoisotopic (exact) mass is 207 g/mol. The van der Waals surface area contributed by atoms with Crippen molar-refractivity contribution >= 4 is 22.9 Å². The van der Waals surface area contributed by atoms with Gasteiger partial charge in [-0.3, -0.25) is 4.79 Å². The molecule has 0 aliphatic carbocycles. The number of allylic oxidation sites excluding steroid dienone is 1. The van der Waals surface area contributed by atoms with Crippen molar-refractivity contribution in [3.05, 3.63) is 28.0 Å². The molecule has 0 fully saturated rings. The molecule has 0 aliphatic rings. The summed E-state index contributed by atoms with van der Waals surface area (Å²) >= 11 is 1.29. The molecule has 1 heterocycles. The van der Waals surface area contributed by atoms with Crippen molar-refractivity contribution in [3.63, 3.8) is 0 Å². The molecule has 1 N–H and O–H groups in total. The molecular weight excluding hydrogens is 198 g/mol. The lowest BCUT2D eigenvalue weighted by Crippen LogP contribution is -2.01. The van der Waals surface area contributed by atoms with Gasteiger partial charge in [0.2, 0.25) is 0 Å². The molecule has 4 heteroatoms. The molecule has 0 amide bonds. The zero-order chi connectivity index (χ0) is 10.6. The number of aliphatic hydroxyl groups excluding tert-OH is 1. The Kier molecular flexibility index (Phi) is 3.43. The zero-order valence-corrected chi connectivity index (χ0v) is 8.47. The van der Waals surface area contributed by atoms with E-state index in [0.717, 1.165) is 0 Å². The Bertz CT molecular complexity index is 398. The number of rotatable bonds is 3. The van der Waals surface area contributed by atoms with E-state index in [4.69, 9.17) is 5.26 Å². The molecule has 0 saturated heterocycles. The van der Waals surface area contributed by atoms with Crippen LogP contribution in [0.4, 0.5) is 0 Å². The number of hydrogen-bond donors (Lipinski definition) is 1. The highest BCUT2D eigenvalue weighted by atomic mass is 32.1. The summed E-state index contributed by atoms with van der Waals surface area (Å²) in [6.45, 7) is 1.65. The lowest BCUT2D eigenvalue weighted by molar-refractivity contribution is -0.114. The van der Waals surface area contributed by atoms with E-state index in [1.54, 1.807) is 30.5 Å². The SMILES string of the molecule is CCC(=O)C(C#N)=C(O)c1cccs1. The third-order valence-corrected chi connectivity index (χ3v) is 2.58. The molecule has 3 nitrogen and oxygen atoms in total. The third kappa shape index (κ3) is 2.01. The lowest BCUT2D eigenvalue weighted by Gasteiger charge is -1.98. The minimum Gasteiger partial charge on any atom is -0.505 e. The van der Waals surface area contributed by atoms with Crippen LogP contribution < -0.4 is 0 Å². The Hall–Kier alpha value is -1.60. The van der Waals surface area contributed by atoms with Gasteiger partial charge < -0.3 is 5.11 Å². The van der Waals surface area contributed by atoms with E-state index in [9.17, 15) is 9.90 Å².